The zero-order valence-electron chi connectivity index (χ0n) is 9.28. The lowest BCUT2D eigenvalue weighted by Crippen LogP contribution is -2.20. The molecule has 1 saturated carbocycles. The van der Waals surface area contributed by atoms with Crippen molar-refractivity contribution in [3.05, 3.63) is 47.5 Å². The lowest BCUT2D eigenvalue weighted by molar-refractivity contribution is 0.0746. The third kappa shape index (κ3) is 2.93. The quantitative estimate of drug-likeness (QED) is 0.678. The highest BCUT2D eigenvalue weighted by molar-refractivity contribution is 5.14. The Morgan fingerprint density at radius 2 is 2.00 bits per heavy atom. The predicted octanol–water partition coefficient (Wildman–Crippen LogP) is 3.56. The van der Waals surface area contributed by atoms with Gasteiger partial charge in [-0.2, -0.15) is 0 Å². The summed E-state index contributed by atoms with van der Waals surface area (Å²) in [7, 11) is 0. The molecule has 0 spiro atoms. The molecule has 1 fully saturated rings. The van der Waals surface area contributed by atoms with E-state index in [1.807, 2.05) is 6.07 Å². The second-order valence-electron chi connectivity index (χ2n) is 4.22. The SMILES string of the molecule is CC=C1CC(COCc2ccccc2)C1. The molecule has 0 heterocycles. The van der Waals surface area contributed by atoms with Gasteiger partial charge in [0.1, 0.15) is 0 Å². The molecule has 0 N–H and O–H groups in total. The van der Waals surface area contributed by atoms with E-state index in [0.717, 1.165) is 19.1 Å². The molecule has 0 bridgehead atoms. The van der Waals surface area contributed by atoms with Crippen LogP contribution in [-0.4, -0.2) is 6.61 Å². The van der Waals surface area contributed by atoms with Crippen molar-refractivity contribution in [2.75, 3.05) is 6.61 Å². The summed E-state index contributed by atoms with van der Waals surface area (Å²) in [5, 5.41) is 0. The Bertz CT molecular complexity index is 318. The average molecular weight is 202 g/mol. The van der Waals surface area contributed by atoms with Crippen molar-refractivity contribution in [2.45, 2.75) is 26.4 Å². The number of rotatable bonds is 4. The van der Waals surface area contributed by atoms with Gasteiger partial charge in [-0.15, -0.1) is 0 Å². The van der Waals surface area contributed by atoms with Gasteiger partial charge in [-0.3, -0.25) is 0 Å². The van der Waals surface area contributed by atoms with Crippen molar-refractivity contribution in [1.29, 1.82) is 0 Å². The summed E-state index contributed by atoms with van der Waals surface area (Å²) in [5.74, 6) is 0.764. The fourth-order valence-corrected chi connectivity index (χ4v) is 1.95. The van der Waals surface area contributed by atoms with E-state index in [1.165, 1.54) is 18.4 Å². The molecule has 1 aromatic rings. The minimum atomic E-state index is 0.752. The van der Waals surface area contributed by atoms with Crippen LogP contribution in [0.5, 0.6) is 0 Å². The van der Waals surface area contributed by atoms with Crippen LogP contribution in [0.3, 0.4) is 0 Å². The summed E-state index contributed by atoms with van der Waals surface area (Å²) >= 11 is 0. The predicted molar refractivity (Wildman–Crippen MR) is 62.6 cm³/mol. The van der Waals surface area contributed by atoms with E-state index < -0.39 is 0 Å². The number of ether oxygens (including phenoxy) is 1. The first-order chi connectivity index (χ1) is 7.38. The molecule has 2 rings (SSSR count). The zero-order valence-corrected chi connectivity index (χ0v) is 9.28. The van der Waals surface area contributed by atoms with E-state index in [4.69, 9.17) is 4.74 Å². The van der Waals surface area contributed by atoms with Gasteiger partial charge in [0, 0.05) is 0 Å². The first kappa shape index (κ1) is 10.4. The summed E-state index contributed by atoms with van der Waals surface area (Å²) in [4.78, 5) is 0. The molecule has 1 aliphatic rings. The highest BCUT2D eigenvalue weighted by atomic mass is 16.5. The normalized spacial score (nSPS) is 19.8. The highest BCUT2D eigenvalue weighted by Gasteiger charge is 2.21. The van der Waals surface area contributed by atoms with Crippen LogP contribution in [0.25, 0.3) is 0 Å². The maximum atomic E-state index is 5.69. The number of hydrogen-bond acceptors (Lipinski definition) is 1. The van der Waals surface area contributed by atoms with Gasteiger partial charge < -0.3 is 4.74 Å². The van der Waals surface area contributed by atoms with Gasteiger partial charge in [0.05, 0.1) is 13.2 Å². The number of hydrogen-bond donors (Lipinski definition) is 0. The minimum absolute atomic E-state index is 0.752. The van der Waals surface area contributed by atoms with Gasteiger partial charge in [0.2, 0.25) is 0 Å². The maximum Gasteiger partial charge on any atom is 0.0717 e. The van der Waals surface area contributed by atoms with Crippen LogP contribution in [0, 0.1) is 5.92 Å². The third-order valence-corrected chi connectivity index (χ3v) is 2.98. The molecule has 0 saturated heterocycles. The monoisotopic (exact) mass is 202 g/mol. The molecule has 15 heavy (non-hydrogen) atoms. The highest BCUT2D eigenvalue weighted by Crippen LogP contribution is 2.32. The van der Waals surface area contributed by atoms with E-state index in [9.17, 15) is 0 Å². The van der Waals surface area contributed by atoms with Crippen molar-refractivity contribution in [1.82, 2.24) is 0 Å². The fraction of sp³-hybridized carbons (Fsp3) is 0.429. The van der Waals surface area contributed by atoms with Crippen molar-refractivity contribution in [3.63, 3.8) is 0 Å². The Hall–Kier alpha value is -1.08. The molecule has 80 valence electrons. The molecule has 0 aromatic heterocycles. The lowest BCUT2D eigenvalue weighted by Gasteiger charge is -2.28. The smallest absolute Gasteiger partial charge is 0.0717 e. The third-order valence-electron chi connectivity index (χ3n) is 2.98. The van der Waals surface area contributed by atoms with Gasteiger partial charge in [0.15, 0.2) is 0 Å². The van der Waals surface area contributed by atoms with Crippen molar-refractivity contribution < 1.29 is 4.74 Å². The molecule has 0 atom stereocenters. The Morgan fingerprint density at radius 3 is 2.67 bits per heavy atom. The lowest BCUT2D eigenvalue weighted by atomic mass is 9.81. The van der Waals surface area contributed by atoms with Crippen molar-refractivity contribution >= 4 is 0 Å². The van der Waals surface area contributed by atoms with Gasteiger partial charge in [0.25, 0.3) is 0 Å². The van der Waals surface area contributed by atoms with Gasteiger partial charge >= 0.3 is 0 Å². The zero-order chi connectivity index (χ0) is 10.5. The topological polar surface area (TPSA) is 9.23 Å². The summed E-state index contributed by atoms with van der Waals surface area (Å²) in [6.07, 6.45) is 4.71. The summed E-state index contributed by atoms with van der Waals surface area (Å²) in [6.45, 7) is 3.78. The molecule has 0 amide bonds. The summed E-state index contributed by atoms with van der Waals surface area (Å²) in [6, 6.07) is 10.4. The molecule has 0 aliphatic heterocycles. The van der Waals surface area contributed by atoms with Gasteiger partial charge in [-0.1, -0.05) is 42.0 Å². The second kappa shape index (κ2) is 5.13. The van der Waals surface area contributed by atoms with E-state index in [1.54, 1.807) is 5.57 Å². The standard InChI is InChI=1S/C14H18O/c1-2-12-8-14(9-12)11-15-10-13-6-4-3-5-7-13/h2-7,14H,8-11H2,1H3. The largest absolute Gasteiger partial charge is 0.376 e. The van der Waals surface area contributed by atoms with E-state index in [-0.39, 0.29) is 0 Å². The van der Waals surface area contributed by atoms with E-state index in [2.05, 4.69) is 37.3 Å². The van der Waals surface area contributed by atoms with Gasteiger partial charge in [-0.05, 0) is 31.2 Å². The number of allylic oxidation sites excluding steroid dienone is 2. The molecule has 1 aromatic carbocycles. The molecule has 1 heteroatoms. The summed E-state index contributed by atoms with van der Waals surface area (Å²) in [5.41, 5.74) is 2.85. The Kier molecular flexibility index (Phi) is 3.57. The second-order valence-corrected chi connectivity index (χ2v) is 4.22. The Labute approximate surface area is 91.8 Å². The van der Waals surface area contributed by atoms with Crippen molar-refractivity contribution in [2.24, 2.45) is 5.92 Å². The van der Waals surface area contributed by atoms with Crippen LogP contribution in [0.1, 0.15) is 25.3 Å². The minimum Gasteiger partial charge on any atom is -0.376 e. The van der Waals surface area contributed by atoms with Crippen LogP contribution in [-0.2, 0) is 11.3 Å². The Balaban J connectivity index is 1.64. The average Bonchev–Trinajstić information content (AvgIpc) is 2.23. The molecule has 1 aliphatic carbocycles. The van der Waals surface area contributed by atoms with Crippen LogP contribution < -0.4 is 0 Å². The summed E-state index contributed by atoms with van der Waals surface area (Å²) < 4.78 is 5.69. The molecular weight excluding hydrogens is 184 g/mol. The first-order valence-electron chi connectivity index (χ1n) is 5.64. The van der Waals surface area contributed by atoms with Crippen molar-refractivity contribution in [3.8, 4) is 0 Å². The van der Waals surface area contributed by atoms with Crippen LogP contribution in [0.15, 0.2) is 42.0 Å². The molecular formula is C14H18O. The molecule has 1 nitrogen and oxygen atoms in total. The first-order valence-corrected chi connectivity index (χ1v) is 5.64. The van der Waals surface area contributed by atoms with Gasteiger partial charge in [-0.25, -0.2) is 0 Å². The Morgan fingerprint density at radius 1 is 1.27 bits per heavy atom. The van der Waals surface area contributed by atoms with E-state index >= 15 is 0 Å². The van der Waals surface area contributed by atoms with Crippen LogP contribution in [0.2, 0.25) is 0 Å². The molecule has 0 radical (unpaired) electrons. The van der Waals surface area contributed by atoms with Crippen LogP contribution >= 0.6 is 0 Å². The van der Waals surface area contributed by atoms with E-state index in [0.29, 0.717) is 0 Å². The molecule has 0 unspecified atom stereocenters. The fourth-order valence-electron chi connectivity index (χ4n) is 1.95. The maximum absolute atomic E-state index is 5.69. The number of benzene rings is 1. The van der Waals surface area contributed by atoms with Crippen LogP contribution in [0.4, 0.5) is 0 Å².